The molecule has 1 N–H and O–H groups in total. The van der Waals surface area contributed by atoms with Gasteiger partial charge in [-0.05, 0) is 71.2 Å². The maximum absolute atomic E-state index is 3.78. The Morgan fingerprint density at radius 2 is 1.76 bits per heavy atom. The molecule has 3 heteroatoms. The second-order valence-electron chi connectivity index (χ2n) is 7.53. The zero-order valence-electron chi connectivity index (χ0n) is 14.6. The van der Waals surface area contributed by atoms with Crippen LogP contribution in [-0.4, -0.2) is 62.7 Å². The second-order valence-corrected chi connectivity index (χ2v) is 7.53. The fourth-order valence-corrected chi connectivity index (χ4v) is 4.27. The van der Waals surface area contributed by atoms with Crippen LogP contribution in [0.4, 0.5) is 0 Å². The summed E-state index contributed by atoms with van der Waals surface area (Å²) in [4.78, 5) is 5.08. The molecule has 1 saturated carbocycles. The first-order chi connectivity index (χ1) is 10.2. The molecule has 2 rings (SSSR count). The van der Waals surface area contributed by atoms with Gasteiger partial charge in [0, 0.05) is 19.1 Å². The maximum atomic E-state index is 3.78. The van der Waals surface area contributed by atoms with Crippen molar-refractivity contribution in [1.82, 2.24) is 15.1 Å². The number of rotatable bonds is 7. The number of nitrogens with one attached hydrogen (secondary N) is 1. The first-order valence-corrected chi connectivity index (χ1v) is 9.29. The summed E-state index contributed by atoms with van der Waals surface area (Å²) in [7, 11) is 4.59. The van der Waals surface area contributed by atoms with E-state index in [1.165, 1.54) is 71.1 Å². The molecule has 1 heterocycles. The summed E-state index contributed by atoms with van der Waals surface area (Å²) >= 11 is 0. The molecular formula is C18H37N3. The Morgan fingerprint density at radius 3 is 2.38 bits per heavy atom. The average molecular weight is 296 g/mol. The maximum Gasteiger partial charge on any atom is 0.0222 e. The first-order valence-electron chi connectivity index (χ1n) is 9.29. The van der Waals surface area contributed by atoms with Crippen molar-refractivity contribution in [3.8, 4) is 0 Å². The van der Waals surface area contributed by atoms with E-state index in [2.05, 4.69) is 36.1 Å². The smallest absolute Gasteiger partial charge is 0.0222 e. The van der Waals surface area contributed by atoms with Crippen LogP contribution in [-0.2, 0) is 0 Å². The van der Waals surface area contributed by atoms with Crippen LogP contribution < -0.4 is 5.32 Å². The lowest BCUT2D eigenvalue weighted by Gasteiger charge is -2.36. The van der Waals surface area contributed by atoms with Crippen molar-refractivity contribution in [3.05, 3.63) is 0 Å². The molecule has 0 aromatic carbocycles. The van der Waals surface area contributed by atoms with Crippen LogP contribution in [0.3, 0.4) is 0 Å². The Hall–Kier alpha value is -0.120. The molecule has 1 aliphatic carbocycles. The van der Waals surface area contributed by atoms with Crippen LogP contribution in [0.15, 0.2) is 0 Å². The number of hydrogen-bond donors (Lipinski definition) is 1. The van der Waals surface area contributed by atoms with Crippen molar-refractivity contribution >= 4 is 0 Å². The van der Waals surface area contributed by atoms with Crippen molar-refractivity contribution in [2.45, 2.75) is 57.9 Å². The zero-order chi connectivity index (χ0) is 15.1. The van der Waals surface area contributed by atoms with Gasteiger partial charge >= 0.3 is 0 Å². The van der Waals surface area contributed by atoms with Crippen LogP contribution in [0.1, 0.15) is 51.9 Å². The molecule has 1 aliphatic heterocycles. The van der Waals surface area contributed by atoms with Crippen molar-refractivity contribution in [2.75, 3.05) is 46.8 Å². The number of likely N-dealkylation sites (N-methyl/N-ethyl adjacent to an activating group) is 2. The van der Waals surface area contributed by atoms with E-state index in [1.807, 2.05) is 0 Å². The molecule has 1 atom stereocenters. The molecule has 0 bridgehead atoms. The number of likely N-dealkylation sites (tertiary alicyclic amines) is 1. The molecular weight excluding hydrogens is 258 g/mol. The molecule has 0 radical (unpaired) electrons. The standard InChI is InChI=1S/C18H37N3/c1-4-19-18(17-8-6-5-7-9-17)15-21(3)14-16-10-12-20(2)13-11-16/h16-19H,4-15H2,1-3H3. The highest BCUT2D eigenvalue weighted by Crippen LogP contribution is 2.27. The third-order valence-corrected chi connectivity index (χ3v) is 5.60. The molecule has 2 fully saturated rings. The zero-order valence-corrected chi connectivity index (χ0v) is 14.6. The SMILES string of the molecule is CCNC(CN(C)CC1CCN(C)CC1)C1CCCCC1. The second kappa shape index (κ2) is 9.12. The fraction of sp³-hybridized carbons (Fsp3) is 1.00. The lowest BCUT2D eigenvalue weighted by Crippen LogP contribution is -2.46. The van der Waals surface area contributed by atoms with E-state index in [-0.39, 0.29) is 0 Å². The summed E-state index contributed by atoms with van der Waals surface area (Å²) in [6.07, 6.45) is 10.0. The highest BCUT2D eigenvalue weighted by Gasteiger charge is 2.25. The van der Waals surface area contributed by atoms with Crippen LogP contribution in [0.5, 0.6) is 0 Å². The Balaban J connectivity index is 1.75. The van der Waals surface area contributed by atoms with Gasteiger partial charge in [0.2, 0.25) is 0 Å². The summed E-state index contributed by atoms with van der Waals surface area (Å²) in [5.41, 5.74) is 0. The van der Waals surface area contributed by atoms with Gasteiger partial charge in [0.15, 0.2) is 0 Å². The van der Waals surface area contributed by atoms with Gasteiger partial charge in [-0.1, -0.05) is 26.2 Å². The monoisotopic (exact) mass is 295 g/mol. The van der Waals surface area contributed by atoms with Crippen LogP contribution in [0, 0.1) is 11.8 Å². The molecule has 0 aromatic heterocycles. The minimum Gasteiger partial charge on any atom is -0.313 e. The number of hydrogen-bond acceptors (Lipinski definition) is 3. The molecule has 0 aromatic rings. The van der Waals surface area contributed by atoms with E-state index < -0.39 is 0 Å². The van der Waals surface area contributed by atoms with E-state index in [0.717, 1.165) is 18.4 Å². The van der Waals surface area contributed by atoms with Gasteiger partial charge in [0.05, 0.1) is 0 Å². The lowest BCUT2D eigenvalue weighted by atomic mass is 9.83. The molecule has 3 nitrogen and oxygen atoms in total. The van der Waals surface area contributed by atoms with Gasteiger partial charge in [-0.3, -0.25) is 0 Å². The lowest BCUT2D eigenvalue weighted by molar-refractivity contribution is 0.152. The van der Waals surface area contributed by atoms with Gasteiger partial charge in [-0.2, -0.15) is 0 Å². The molecule has 1 saturated heterocycles. The quantitative estimate of drug-likeness (QED) is 0.779. The summed E-state index contributed by atoms with van der Waals surface area (Å²) in [5.74, 6) is 1.83. The van der Waals surface area contributed by atoms with Crippen molar-refractivity contribution < 1.29 is 0 Å². The third-order valence-electron chi connectivity index (χ3n) is 5.60. The molecule has 2 aliphatic rings. The van der Waals surface area contributed by atoms with E-state index in [1.54, 1.807) is 0 Å². The normalized spacial score (nSPS) is 24.6. The van der Waals surface area contributed by atoms with Gasteiger partial charge < -0.3 is 15.1 Å². The Bertz CT molecular complexity index is 268. The predicted molar refractivity (Wildman–Crippen MR) is 91.8 cm³/mol. The molecule has 21 heavy (non-hydrogen) atoms. The van der Waals surface area contributed by atoms with Gasteiger partial charge in [0.25, 0.3) is 0 Å². The van der Waals surface area contributed by atoms with Crippen LogP contribution in [0.25, 0.3) is 0 Å². The van der Waals surface area contributed by atoms with Crippen LogP contribution >= 0.6 is 0 Å². The summed E-state index contributed by atoms with van der Waals surface area (Å²) in [6.45, 7) is 8.48. The summed E-state index contributed by atoms with van der Waals surface area (Å²) in [5, 5.41) is 3.78. The first kappa shape index (κ1) is 17.2. The minimum absolute atomic E-state index is 0.714. The topological polar surface area (TPSA) is 18.5 Å². The molecule has 0 amide bonds. The molecule has 0 spiro atoms. The van der Waals surface area contributed by atoms with E-state index in [9.17, 15) is 0 Å². The Labute approximate surface area is 132 Å². The fourth-order valence-electron chi connectivity index (χ4n) is 4.27. The Morgan fingerprint density at radius 1 is 1.10 bits per heavy atom. The predicted octanol–water partition coefficient (Wildman–Crippen LogP) is 2.82. The molecule has 1 unspecified atom stereocenters. The van der Waals surface area contributed by atoms with E-state index >= 15 is 0 Å². The summed E-state index contributed by atoms with van der Waals surface area (Å²) in [6, 6.07) is 0.714. The number of piperidine rings is 1. The third kappa shape index (κ3) is 5.88. The molecule has 124 valence electrons. The van der Waals surface area contributed by atoms with Gasteiger partial charge in [-0.15, -0.1) is 0 Å². The van der Waals surface area contributed by atoms with Crippen molar-refractivity contribution in [2.24, 2.45) is 11.8 Å². The van der Waals surface area contributed by atoms with Crippen molar-refractivity contribution in [3.63, 3.8) is 0 Å². The average Bonchev–Trinajstić information content (AvgIpc) is 2.50. The summed E-state index contributed by atoms with van der Waals surface area (Å²) < 4.78 is 0. The minimum atomic E-state index is 0.714. The van der Waals surface area contributed by atoms with E-state index in [4.69, 9.17) is 0 Å². The van der Waals surface area contributed by atoms with Gasteiger partial charge in [0.1, 0.15) is 0 Å². The van der Waals surface area contributed by atoms with E-state index in [0.29, 0.717) is 6.04 Å². The number of nitrogens with zero attached hydrogens (tertiary/aromatic N) is 2. The Kier molecular flexibility index (Phi) is 7.48. The highest BCUT2D eigenvalue weighted by atomic mass is 15.1. The van der Waals surface area contributed by atoms with Crippen LogP contribution in [0.2, 0.25) is 0 Å². The van der Waals surface area contributed by atoms with Crippen molar-refractivity contribution in [1.29, 1.82) is 0 Å². The highest BCUT2D eigenvalue weighted by molar-refractivity contribution is 4.82. The largest absolute Gasteiger partial charge is 0.313 e. The van der Waals surface area contributed by atoms with Gasteiger partial charge in [-0.25, -0.2) is 0 Å².